The van der Waals surface area contributed by atoms with Gasteiger partial charge in [-0.3, -0.25) is 4.40 Å². The van der Waals surface area contributed by atoms with Gasteiger partial charge in [0.05, 0.1) is 12.7 Å². The molecule has 0 aliphatic carbocycles. The summed E-state index contributed by atoms with van der Waals surface area (Å²) in [5.41, 5.74) is 1.26. The lowest BCUT2D eigenvalue weighted by Gasteiger charge is -2.09. The summed E-state index contributed by atoms with van der Waals surface area (Å²) in [5, 5.41) is 0. The summed E-state index contributed by atoms with van der Waals surface area (Å²) in [4.78, 5) is 16.5. The van der Waals surface area contributed by atoms with Gasteiger partial charge in [-0.1, -0.05) is 30.2 Å². The molecule has 0 unspecified atom stereocenters. The van der Waals surface area contributed by atoms with E-state index in [1.165, 1.54) is 19.2 Å². The van der Waals surface area contributed by atoms with Crippen LogP contribution in [-0.2, 0) is 17.5 Å². The third kappa shape index (κ3) is 4.83. The van der Waals surface area contributed by atoms with Gasteiger partial charge in [-0.2, -0.15) is 13.2 Å². The molecule has 5 nitrogen and oxygen atoms in total. The Kier molecular flexibility index (Phi) is 6.05. The van der Waals surface area contributed by atoms with Crippen LogP contribution in [-0.4, -0.2) is 22.5 Å². The molecule has 0 aliphatic heterocycles. The Morgan fingerprint density at radius 3 is 2.61 bits per heavy atom. The van der Waals surface area contributed by atoms with Gasteiger partial charge in [-0.25, -0.2) is 9.78 Å². The number of hydrogen-bond acceptors (Lipinski definition) is 4. The number of carbonyl (C=O) groups excluding carboxylic acids is 1. The normalized spacial score (nSPS) is 11.0. The molecule has 0 radical (unpaired) electrons. The number of methoxy groups -OCH3 is 1. The fourth-order valence-corrected chi connectivity index (χ4v) is 3.20. The second-order valence-corrected chi connectivity index (χ2v) is 6.94. The van der Waals surface area contributed by atoms with Crippen LogP contribution in [0.15, 0.2) is 72.9 Å². The van der Waals surface area contributed by atoms with Crippen LogP contribution in [0.25, 0.3) is 5.65 Å². The van der Waals surface area contributed by atoms with Crippen LogP contribution in [0, 0.1) is 11.8 Å². The molecule has 0 atom stereocenters. The van der Waals surface area contributed by atoms with Gasteiger partial charge in [-0.15, -0.1) is 0 Å². The lowest BCUT2D eigenvalue weighted by atomic mass is 10.1. The van der Waals surface area contributed by atoms with Crippen molar-refractivity contribution in [2.24, 2.45) is 0 Å². The summed E-state index contributed by atoms with van der Waals surface area (Å²) in [7, 11) is 1.28. The zero-order valence-electron chi connectivity index (χ0n) is 17.4. The predicted octanol–water partition coefficient (Wildman–Crippen LogP) is 5.12. The lowest BCUT2D eigenvalue weighted by Crippen LogP contribution is -2.06. The van der Waals surface area contributed by atoms with Gasteiger partial charge >= 0.3 is 12.1 Å². The van der Waals surface area contributed by atoms with Crippen molar-refractivity contribution in [2.75, 3.05) is 7.11 Å². The van der Waals surface area contributed by atoms with Crippen molar-refractivity contribution in [3.63, 3.8) is 0 Å². The van der Waals surface area contributed by atoms with Crippen LogP contribution in [0.3, 0.4) is 0 Å². The number of rotatable bonds is 4. The van der Waals surface area contributed by atoms with E-state index >= 15 is 0 Å². The first-order valence-corrected chi connectivity index (χ1v) is 9.82. The second kappa shape index (κ2) is 9.09. The van der Waals surface area contributed by atoms with Crippen LogP contribution < -0.4 is 4.74 Å². The molecule has 0 saturated carbocycles. The van der Waals surface area contributed by atoms with Gasteiger partial charge in [0.25, 0.3) is 0 Å². The molecule has 2 heterocycles. The first kappa shape index (κ1) is 22.0. The highest BCUT2D eigenvalue weighted by atomic mass is 19.4. The van der Waals surface area contributed by atoms with E-state index in [-0.39, 0.29) is 17.7 Å². The van der Waals surface area contributed by atoms with Crippen LogP contribution in [0.4, 0.5) is 13.2 Å². The van der Waals surface area contributed by atoms with Gasteiger partial charge in [0.1, 0.15) is 35.0 Å². The largest absolute Gasteiger partial charge is 0.486 e. The van der Waals surface area contributed by atoms with Crippen LogP contribution in [0.1, 0.15) is 32.9 Å². The number of pyridine rings is 1. The number of carbonyl (C=O) groups is 1. The minimum absolute atomic E-state index is 0.0116. The number of esters is 1. The molecule has 0 fully saturated rings. The van der Waals surface area contributed by atoms with Gasteiger partial charge in [-0.05, 0) is 48.4 Å². The van der Waals surface area contributed by atoms with Gasteiger partial charge in [0.2, 0.25) is 0 Å². The fraction of sp³-hybridized carbons (Fsp3) is 0.120. The number of aromatic nitrogens is 2. The zero-order valence-corrected chi connectivity index (χ0v) is 17.4. The SMILES string of the molecule is COC(=O)c1ccccc1OCc1nc2ccccn2c1C#Cc1cccc(C(F)(F)F)c1. The van der Waals surface area contributed by atoms with E-state index in [1.807, 2.05) is 6.07 Å². The van der Waals surface area contributed by atoms with Crippen molar-refractivity contribution in [2.45, 2.75) is 12.8 Å². The molecule has 0 N–H and O–H groups in total. The molecule has 166 valence electrons. The molecule has 0 saturated heterocycles. The molecule has 0 aliphatic rings. The van der Waals surface area contributed by atoms with E-state index in [2.05, 4.69) is 16.8 Å². The minimum Gasteiger partial charge on any atom is -0.486 e. The van der Waals surface area contributed by atoms with Gasteiger partial charge < -0.3 is 9.47 Å². The molecule has 4 rings (SSSR count). The van der Waals surface area contributed by atoms with Crippen molar-refractivity contribution in [1.82, 2.24) is 9.38 Å². The van der Waals surface area contributed by atoms with Crippen molar-refractivity contribution in [1.29, 1.82) is 0 Å². The molecule has 2 aromatic carbocycles. The Morgan fingerprint density at radius 2 is 1.82 bits per heavy atom. The summed E-state index contributed by atoms with van der Waals surface area (Å²) < 4.78 is 51.4. The fourth-order valence-electron chi connectivity index (χ4n) is 3.20. The maximum Gasteiger partial charge on any atom is 0.416 e. The topological polar surface area (TPSA) is 52.8 Å². The van der Waals surface area contributed by atoms with E-state index in [1.54, 1.807) is 47.0 Å². The average Bonchev–Trinajstić information content (AvgIpc) is 3.18. The second-order valence-electron chi connectivity index (χ2n) is 6.94. The first-order valence-electron chi connectivity index (χ1n) is 9.82. The summed E-state index contributed by atoms with van der Waals surface area (Å²) >= 11 is 0. The number of ether oxygens (including phenoxy) is 2. The summed E-state index contributed by atoms with van der Waals surface area (Å²) in [5.74, 6) is 5.50. The number of hydrogen-bond donors (Lipinski definition) is 0. The standard InChI is InChI=1S/C25H17F3N2O3/c1-32-24(31)19-9-2-3-10-22(19)33-16-20-21(30-14-5-4-11-23(30)29-20)13-12-17-7-6-8-18(15-17)25(26,27)28/h2-11,14-15H,16H2,1H3. The van der Waals surface area contributed by atoms with Crippen LogP contribution in [0.2, 0.25) is 0 Å². The third-order valence-electron chi connectivity index (χ3n) is 4.77. The molecule has 0 amide bonds. The molecule has 2 aromatic heterocycles. The molecule has 0 bridgehead atoms. The summed E-state index contributed by atoms with van der Waals surface area (Å²) in [6.45, 7) is -0.0116. The molecule has 0 spiro atoms. The molecule has 8 heteroatoms. The monoisotopic (exact) mass is 450 g/mol. The Balaban J connectivity index is 1.69. The molecule has 4 aromatic rings. The predicted molar refractivity (Wildman–Crippen MR) is 115 cm³/mol. The Hall–Kier alpha value is -4.25. The molecular weight excluding hydrogens is 433 g/mol. The highest BCUT2D eigenvalue weighted by molar-refractivity contribution is 5.92. The van der Waals surface area contributed by atoms with Crippen LogP contribution >= 0.6 is 0 Å². The molecule has 33 heavy (non-hydrogen) atoms. The van der Waals surface area contributed by atoms with E-state index in [9.17, 15) is 18.0 Å². The zero-order chi connectivity index (χ0) is 23.4. The maximum atomic E-state index is 13.0. The minimum atomic E-state index is -4.45. The summed E-state index contributed by atoms with van der Waals surface area (Å²) in [6, 6.07) is 16.8. The van der Waals surface area contributed by atoms with Crippen LogP contribution in [0.5, 0.6) is 5.75 Å². The number of fused-ring (bicyclic) bond motifs is 1. The number of para-hydroxylation sites is 1. The van der Waals surface area contributed by atoms with Crippen molar-refractivity contribution in [3.8, 4) is 17.6 Å². The number of alkyl halides is 3. The number of benzene rings is 2. The lowest BCUT2D eigenvalue weighted by molar-refractivity contribution is -0.137. The highest BCUT2D eigenvalue weighted by Crippen LogP contribution is 2.29. The van der Waals surface area contributed by atoms with Gasteiger partial charge in [0.15, 0.2) is 0 Å². The quantitative estimate of drug-likeness (QED) is 0.320. The van der Waals surface area contributed by atoms with E-state index in [0.29, 0.717) is 22.8 Å². The Labute approximate surface area is 187 Å². The highest BCUT2D eigenvalue weighted by Gasteiger charge is 2.30. The molecular formula is C25H17F3N2O3. The Bertz CT molecular complexity index is 1380. The van der Waals surface area contributed by atoms with E-state index in [0.717, 1.165) is 12.1 Å². The van der Waals surface area contributed by atoms with Crippen molar-refractivity contribution in [3.05, 3.63) is 101 Å². The Morgan fingerprint density at radius 1 is 1.03 bits per heavy atom. The number of nitrogens with zero attached hydrogens (tertiary/aromatic N) is 2. The summed E-state index contributed by atoms with van der Waals surface area (Å²) in [6.07, 6.45) is -2.70. The van der Waals surface area contributed by atoms with E-state index < -0.39 is 17.7 Å². The number of imidazole rings is 1. The first-order chi connectivity index (χ1) is 15.9. The third-order valence-corrected chi connectivity index (χ3v) is 4.77. The van der Waals surface area contributed by atoms with Crippen molar-refractivity contribution >= 4 is 11.6 Å². The average molecular weight is 450 g/mol. The smallest absolute Gasteiger partial charge is 0.416 e. The number of halogens is 3. The van der Waals surface area contributed by atoms with E-state index in [4.69, 9.17) is 9.47 Å². The van der Waals surface area contributed by atoms with Crippen molar-refractivity contribution < 1.29 is 27.4 Å². The maximum absolute atomic E-state index is 13.0. The van der Waals surface area contributed by atoms with Gasteiger partial charge in [0, 0.05) is 11.8 Å².